The number of carbonyl (C=O) groups is 1. The Labute approximate surface area is 125 Å². The fourth-order valence-corrected chi connectivity index (χ4v) is 2.59. The second-order valence-corrected chi connectivity index (χ2v) is 6.40. The van der Waals surface area contributed by atoms with Gasteiger partial charge in [0.25, 0.3) is 5.91 Å². The highest BCUT2D eigenvalue weighted by molar-refractivity contribution is 7.98. The van der Waals surface area contributed by atoms with Crippen LogP contribution in [-0.4, -0.2) is 44.9 Å². The fraction of sp³-hybridized carbons (Fsp3) is 0.714. The van der Waals surface area contributed by atoms with E-state index in [1.165, 1.54) is 0 Å². The molecule has 1 aromatic heterocycles. The number of hydrogen-bond acceptors (Lipinski definition) is 4. The van der Waals surface area contributed by atoms with E-state index in [9.17, 15) is 9.90 Å². The second-order valence-electron chi connectivity index (χ2n) is 5.54. The molecule has 1 unspecified atom stereocenters. The lowest BCUT2D eigenvalue weighted by Crippen LogP contribution is -2.42. The Morgan fingerprint density at radius 2 is 2.25 bits per heavy atom. The standard InChI is InChI=1S/C14H25N3O2S/c1-6-17-12(7-11(16-17)10(2)3)13(18)15-8-14(4,19)9-20-5/h7,10,19H,6,8-9H2,1-5H3,(H,15,18). The van der Waals surface area contributed by atoms with E-state index in [1.54, 1.807) is 23.4 Å². The average Bonchev–Trinajstić information content (AvgIpc) is 2.80. The molecule has 0 saturated heterocycles. The van der Waals surface area contributed by atoms with Crippen LogP contribution >= 0.6 is 11.8 Å². The molecule has 6 heteroatoms. The zero-order valence-corrected chi connectivity index (χ0v) is 13.8. The number of amides is 1. The highest BCUT2D eigenvalue weighted by Gasteiger charge is 2.22. The molecular weight excluding hydrogens is 274 g/mol. The van der Waals surface area contributed by atoms with Crippen LogP contribution in [0, 0.1) is 0 Å². The van der Waals surface area contributed by atoms with Crippen LogP contribution in [0.4, 0.5) is 0 Å². The molecule has 1 atom stereocenters. The van der Waals surface area contributed by atoms with Crippen molar-refractivity contribution in [3.8, 4) is 0 Å². The van der Waals surface area contributed by atoms with E-state index in [0.29, 0.717) is 18.0 Å². The first-order valence-electron chi connectivity index (χ1n) is 6.88. The van der Waals surface area contributed by atoms with Crippen molar-refractivity contribution in [2.75, 3.05) is 18.6 Å². The number of aliphatic hydroxyl groups is 1. The first kappa shape index (κ1) is 17.0. The van der Waals surface area contributed by atoms with E-state index >= 15 is 0 Å². The van der Waals surface area contributed by atoms with Crippen molar-refractivity contribution in [1.82, 2.24) is 15.1 Å². The van der Waals surface area contributed by atoms with Crippen molar-refractivity contribution in [2.24, 2.45) is 0 Å². The molecule has 0 fully saturated rings. The van der Waals surface area contributed by atoms with E-state index < -0.39 is 5.60 Å². The summed E-state index contributed by atoms with van der Waals surface area (Å²) in [5.41, 5.74) is 0.566. The van der Waals surface area contributed by atoms with Crippen LogP contribution in [0.5, 0.6) is 0 Å². The minimum atomic E-state index is -0.896. The monoisotopic (exact) mass is 299 g/mol. The summed E-state index contributed by atoms with van der Waals surface area (Å²) in [6, 6.07) is 1.83. The molecule has 1 amide bonds. The highest BCUT2D eigenvalue weighted by Crippen LogP contribution is 2.15. The van der Waals surface area contributed by atoms with Gasteiger partial charge in [0.15, 0.2) is 0 Å². The Bertz CT molecular complexity index is 455. The molecule has 5 nitrogen and oxygen atoms in total. The Hall–Kier alpha value is -1.01. The van der Waals surface area contributed by atoms with Crippen molar-refractivity contribution in [3.05, 3.63) is 17.5 Å². The lowest BCUT2D eigenvalue weighted by Gasteiger charge is -2.22. The molecular formula is C14H25N3O2S. The van der Waals surface area contributed by atoms with Crippen LogP contribution in [0.2, 0.25) is 0 Å². The van der Waals surface area contributed by atoms with E-state index in [0.717, 1.165) is 5.69 Å². The predicted octanol–water partition coefficient (Wildman–Crippen LogP) is 1.87. The van der Waals surface area contributed by atoms with E-state index in [1.807, 2.05) is 33.1 Å². The average molecular weight is 299 g/mol. The Morgan fingerprint density at radius 3 is 2.75 bits per heavy atom. The van der Waals surface area contributed by atoms with Gasteiger partial charge in [-0.3, -0.25) is 9.48 Å². The van der Waals surface area contributed by atoms with Gasteiger partial charge in [-0.1, -0.05) is 13.8 Å². The van der Waals surface area contributed by atoms with Gasteiger partial charge < -0.3 is 10.4 Å². The fourth-order valence-electron chi connectivity index (χ4n) is 1.87. The van der Waals surface area contributed by atoms with Crippen LogP contribution in [0.1, 0.15) is 49.8 Å². The van der Waals surface area contributed by atoms with E-state index in [2.05, 4.69) is 10.4 Å². The number of carbonyl (C=O) groups excluding carboxylic acids is 1. The maximum Gasteiger partial charge on any atom is 0.269 e. The lowest BCUT2D eigenvalue weighted by atomic mass is 10.1. The summed E-state index contributed by atoms with van der Waals surface area (Å²) in [5, 5.41) is 17.3. The number of aryl methyl sites for hydroxylation is 1. The molecule has 0 spiro atoms. The van der Waals surface area contributed by atoms with Crippen LogP contribution in [0.25, 0.3) is 0 Å². The molecule has 0 saturated carbocycles. The zero-order valence-electron chi connectivity index (χ0n) is 12.9. The topological polar surface area (TPSA) is 67.2 Å². The minimum absolute atomic E-state index is 0.187. The summed E-state index contributed by atoms with van der Waals surface area (Å²) in [5.74, 6) is 0.680. The summed E-state index contributed by atoms with van der Waals surface area (Å²) in [7, 11) is 0. The Balaban J connectivity index is 2.77. The van der Waals surface area contributed by atoms with Crippen molar-refractivity contribution < 1.29 is 9.90 Å². The molecule has 0 aliphatic rings. The zero-order chi connectivity index (χ0) is 15.3. The van der Waals surface area contributed by atoms with Crippen LogP contribution in [0.15, 0.2) is 6.07 Å². The van der Waals surface area contributed by atoms with Gasteiger partial charge in [0.05, 0.1) is 11.3 Å². The number of thioether (sulfide) groups is 1. The van der Waals surface area contributed by atoms with E-state index in [4.69, 9.17) is 0 Å². The lowest BCUT2D eigenvalue weighted by molar-refractivity contribution is 0.0719. The molecule has 1 rings (SSSR count). The Kier molecular flexibility index (Phi) is 6.07. The van der Waals surface area contributed by atoms with Gasteiger partial charge in [0, 0.05) is 18.8 Å². The third kappa shape index (κ3) is 4.52. The molecule has 0 aliphatic heterocycles. The van der Waals surface area contributed by atoms with Gasteiger partial charge in [-0.2, -0.15) is 16.9 Å². The molecule has 1 aromatic rings. The molecule has 114 valence electrons. The van der Waals surface area contributed by atoms with Crippen molar-refractivity contribution >= 4 is 17.7 Å². The van der Waals surface area contributed by atoms with Gasteiger partial charge in [-0.05, 0) is 32.1 Å². The summed E-state index contributed by atoms with van der Waals surface area (Å²) < 4.78 is 1.70. The second kappa shape index (κ2) is 7.13. The number of aromatic nitrogens is 2. The maximum atomic E-state index is 12.2. The van der Waals surface area contributed by atoms with Gasteiger partial charge in [-0.25, -0.2) is 0 Å². The van der Waals surface area contributed by atoms with Gasteiger partial charge in [0.1, 0.15) is 5.69 Å². The maximum absolute atomic E-state index is 12.2. The normalized spacial score (nSPS) is 14.3. The van der Waals surface area contributed by atoms with Gasteiger partial charge in [0.2, 0.25) is 0 Å². The minimum Gasteiger partial charge on any atom is -0.387 e. The number of nitrogens with one attached hydrogen (secondary N) is 1. The van der Waals surface area contributed by atoms with Crippen LogP contribution in [-0.2, 0) is 6.54 Å². The third-order valence-electron chi connectivity index (χ3n) is 3.01. The molecule has 2 N–H and O–H groups in total. The quantitative estimate of drug-likeness (QED) is 0.806. The molecule has 0 radical (unpaired) electrons. The van der Waals surface area contributed by atoms with Crippen LogP contribution < -0.4 is 5.32 Å². The summed E-state index contributed by atoms with van der Waals surface area (Å²) in [6.07, 6.45) is 1.93. The molecule has 0 aromatic carbocycles. The van der Waals surface area contributed by atoms with Crippen molar-refractivity contribution in [3.63, 3.8) is 0 Å². The number of nitrogens with zero attached hydrogens (tertiary/aromatic N) is 2. The van der Waals surface area contributed by atoms with E-state index in [-0.39, 0.29) is 18.4 Å². The van der Waals surface area contributed by atoms with Crippen molar-refractivity contribution in [2.45, 2.75) is 45.8 Å². The number of hydrogen-bond donors (Lipinski definition) is 2. The molecule has 0 aliphatic carbocycles. The third-order valence-corrected chi connectivity index (χ3v) is 3.92. The molecule has 1 heterocycles. The first-order chi connectivity index (χ1) is 9.30. The largest absolute Gasteiger partial charge is 0.387 e. The van der Waals surface area contributed by atoms with Crippen LogP contribution in [0.3, 0.4) is 0 Å². The van der Waals surface area contributed by atoms with Gasteiger partial charge in [-0.15, -0.1) is 0 Å². The summed E-state index contributed by atoms with van der Waals surface area (Å²) in [4.78, 5) is 12.2. The first-order valence-corrected chi connectivity index (χ1v) is 8.27. The molecule has 0 bridgehead atoms. The summed E-state index contributed by atoms with van der Waals surface area (Å²) in [6.45, 7) is 8.66. The highest BCUT2D eigenvalue weighted by atomic mass is 32.2. The predicted molar refractivity (Wildman–Crippen MR) is 83.3 cm³/mol. The molecule has 20 heavy (non-hydrogen) atoms. The number of rotatable bonds is 7. The summed E-state index contributed by atoms with van der Waals surface area (Å²) >= 11 is 1.55. The Morgan fingerprint density at radius 1 is 1.60 bits per heavy atom. The van der Waals surface area contributed by atoms with Crippen molar-refractivity contribution in [1.29, 1.82) is 0 Å². The SMILES string of the molecule is CCn1nc(C(C)C)cc1C(=O)NCC(C)(O)CSC. The van der Waals surface area contributed by atoms with Gasteiger partial charge >= 0.3 is 0 Å². The smallest absolute Gasteiger partial charge is 0.269 e.